The molecule has 5 nitrogen and oxygen atoms in total. The minimum absolute atomic E-state index is 0.0492. The van der Waals surface area contributed by atoms with Crippen molar-refractivity contribution in [3.63, 3.8) is 0 Å². The molecule has 0 aliphatic carbocycles. The predicted molar refractivity (Wildman–Crippen MR) is 59.2 cm³/mol. The largest absolute Gasteiger partial charge is 0.464 e. The Labute approximate surface area is 101 Å². The van der Waals surface area contributed by atoms with E-state index >= 15 is 0 Å². The van der Waals surface area contributed by atoms with Gasteiger partial charge in [0, 0.05) is 6.07 Å². The van der Waals surface area contributed by atoms with Crippen LogP contribution in [0.5, 0.6) is 0 Å². The second-order valence-corrected chi connectivity index (χ2v) is 3.47. The molecule has 0 atom stereocenters. The molecular weight excluding hydrogens is 244 g/mol. The molecule has 2 rings (SSSR count). The number of hydrogen-bond donors (Lipinski definition) is 1. The lowest BCUT2D eigenvalue weighted by Gasteiger charge is -2.05. The molecule has 1 aromatic carbocycles. The normalized spacial score (nSPS) is 10.4. The van der Waals surface area contributed by atoms with Gasteiger partial charge in [-0.3, -0.25) is 4.57 Å². The third-order valence-electron chi connectivity index (χ3n) is 2.31. The number of rotatable bonds is 2. The van der Waals surface area contributed by atoms with Crippen LogP contribution < -0.4 is 5.73 Å². The maximum absolute atomic E-state index is 13.1. The molecule has 2 N–H and O–H groups in total. The molecule has 2 aromatic rings. The van der Waals surface area contributed by atoms with Crippen molar-refractivity contribution in [3.8, 4) is 5.69 Å². The lowest BCUT2D eigenvalue weighted by atomic mass is 10.3. The molecule has 18 heavy (non-hydrogen) atoms. The second-order valence-electron chi connectivity index (χ2n) is 3.47. The van der Waals surface area contributed by atoms with Gasteiger partial charge in [-0.25, -0.2) is 18.6 Å². The van der Waals surface area contributed by atoms with Crippen LogP contribution in [-0.2, 0) is 4.74 Å². The maximum atomic E-state index is 13.1. The predicted octanol–water partition coefficient (Wildman–Crippen LogP) is 1.52. The van der Waals surface area contributed by atoms with Gasteiger partial charge in [-0.15, -0.1) is 0 Å². The number of nitrogens with two attached hydrogens (primary N) is 1. The van der Waals surface area contributed by atoms with Gasteiger partial charge in [-0.05, 0) is 12.1 Å². The van der Waals surface area contributed by atoms with Crippen LogP contribution in [0.3, 0.4) is 0 Å². The van der Waals surface area contributed by atoms with Crippen LogP contribution in [0, 0.1) is 11.6 Å². The summed E-state index contributed by atoms with van der Waals surface area (Å²) in [4.78, 5) is 15.0. The third-order valence-corrected chi connectivity index (χ3v) is 2.31. The number of aromatic nitrogens is 2. The van der Waals surface area contributed by atoms with E-state index in [1.54, 1.807) is 0 Å². The number of hydrogen-bond acceptors (Lipinski definition) is 4. The van der Waals surface area contributed by atoms with Crippen molar-refractivity contribution in [2.45, 2.75) is 0 Å². The molecule has 1 heterocycles. The average Bonchev–Trinajstić information content (AvgIpc) is 2.69. The molecule has 0 amide bonds. The quantitative estimate of drug-likeness (QED) is 0.824. The molecule has 0 radical (unpaired) electrons. The molecular formula is C11H9F2N3O2. The zero-order chi connectivity index (χ0) is 13.3. The highest BCUT2D eigenvalue weighted by Crippen LogP contribution is 2.19. The van der Waals surface area contributed by atoms with Crippen LogP contribution >= 0.6 is 0 Å². The van der Waals surface area contributed by atoms with E-state index in [1.165, 1.54) is 18.0 Å². The standard InChI is InChI=1S/C11H9F2N3O2/c1-18-11(17)9-10(14)16(5-15-9)8-3-6(12)2-7(13)4-8/h2-5H,14H2,1H3. The highest BCUT2D eigenvalue weighted by atomic mass is 19.1. The molecule has 7 heteroatoms. The zero-order valence-corrected chi connectivity index (χ0v) is 9.35. The summed E-state index contributed by atoms with van der Waals surface area (Å²) in [5.41, 5.74) is 5.69. The fourth-order valence-corrected chi connectivity index (χ4v) is 1.50. The van der Waals surface area contributed by atoms with E-state index in [2.05, 4.69) is 9.72 Å². The lowest BCUT2D eigenvalue weighted by Crippen LogP contribution is -2.07. The van der Waals surface area contributed by atoms with Gasteiger partial charge in [0.25, 0.3) is 0 Å². The van der Waals surface area contributed by atoms with Crippen LogP contribution in [0.2, 0.25) is 0 Å². The fourth-order valence-electron chi connectivity index (χ4n) is 1.50. The van der Waals surface area contributed by atoms with Crippen LogP contribution in [0.25, 0.3) is 5.69 Å². The van der Waals surface area contributed by atoms with E-state index in [9.17, 15) is 13.6 Å². The first-order valence-electron chi connectivity index (χ1n) is 4.90. The molecule has 0 fully saturated rings. The van der Waals surface area contributed by atoms with E-state index in [0.717, 1.165) is 18.2 Å². The molecule has 0 aliphatic rings. The van der Waals surface area contributed by atoms with Crippen molar-refractivity contribution in [1.82, 2.24) is 9.55 Å². The SMILES string of the molecule is COC(=O)c1ncn(-c2cc(F)cc(F)c2)c1N. The Hall–Kier alpha value is -2.44. The van der Waals surface area contributed by atoms with Gasteiger partial charge >= 0.3 is 5.97 Å². The summed E-state index contributed by atoms with van der Waals surface area (Å²) in [6.45, 7) is 0. The number of anilines is 1. The van der Waals surface area contributed by atoms with Gasteiger partial charge in [-0.2, -0.15) is 0 Å². The molecule has 1 aromatic heterocycles. The topological polar surface area (TPSA) is 70.1 Å². The third kappa shape index (κ3) is 2.02. The number of ether oxygens (including phenoxy) is 1. The Morgan fingerprint density at radius 3 is 2.50 bits per heavy atom. The zero-order valence-electron chi connectivity index (χ0n) is 9.35. The minimum Gasteiger partial charge on any atom is -0.464 e. The number of nitrogens with zero attached hydrogens (tertiary/aromatic N) is 2. The number of benzene rings is 1. The molecule has 0 saturated heterocycles. The molecule has 94 valence electrons. The monoisotopic (exact) mass is 253 g/mol. The first-order chi connectivity index (χ1) is 8.52. The number of carbonyl (C=O) groups excluding carboxylic acids is 1. The average molecular weight is 253 g/mol. The van der Waals surface area contributed by atoms with Crippen LogP contribution in [-0.4, -0.2) is 22.6 Å². The van der Waals surface area contributed by atoms with E-state index in [-0.39, 0.29) is 17.2 Å². The van der Waals surface area contributed by atoms with E-state index in [1.807, 2.05) is 0 Å². The second kappa shape index (κ2) is 4.44. The van der Waals surface area contributed by atoms with Crippen molar-refractivity contribution in [2.75, 3.05) is 12.8 Å². The lowest BCUT2D eigenvalue weighted by molar-refractivity contribution is 0.0596. The summed E-state index contributed by atoms with van der Waals surface area (Å²) >= 11 is 0. The highest BCUT2D eigenvalue weighted by molar-refractivity contribution is 5.92. The molecule has 0 unspecified atom stereocenters. The van der Waals surface area contributed by atoms with Gasteiger partial charge < -0.3 is 10.5 Å². The van der Waals surface area contributed by atoms with Crippen molar-refractivity contribution < 1.29 is 18.3 Å². The first-order valence-corrected chi connectivity index (χ1v) is 4.90. The Balaban J connectivity index is 2.52. The highest BCUT2D eigenvalue weighted by Gasteiger charge is 2.17. The number of imidazole rings is 1. The van der Waals surface area contributed by atoms with Gasteiger partial charge in [0.05, 0.1) is 12.8 Å². The number of carbonyl (C=O) groups is 1. The van der Waals surface area contributed by atoms with Crippen molar-refractivity contribution >= 4 is 11.8 Å². The molecule has 0 saturated carbocycles. The van der Waals surface area contributed by atoms with Gasteiger partial charge in [-0.1, -0.05) is 0 Å². The van der Waals surface area contributed by atoms with Crippen LogP contribution in [0.1, 0.15) is 10.5 Å². The van der Waals surface area contributed by atoms with Gasteiger partial charge in [0.1, 0.15) is 23.8 Å². The Kier molecular flexibility index (Phi) is 2.97. The Morgan fingerprint density at radius 2 is 1.94 bits per heavy atom. The summed E-state index contributed by atoms with van der Waals surface area (Å²) in [6, 6.07) is 2.88. The fraction of sp³-hybridized carbons (Fsp3) is 0.0909. The Morgan fingerprint density at radius 1 is 1.33 bits per heavy atom. The smallest absolute Gasteiger partial charge is 0.360 e. The van der Waals surface area contributed by atoms with Crippen molar-refractivity contribution in [2.24, 2.45) is 0 Å². The number of halogens is 2. The molecule has 0 bridgehead atoms. The van der Waals surface area contributed by atoms with Gasteiger partial charge in [0.2, 0.25) is 0 Å². The van der Waals surface area contributed by atoms with E-state index in [4.69, 9.17) is 5.73 Å². The summed E-state index contributed by atoms with van der Waals surface area (Å²) in [7, 11) is 1.18. The summed E-state index contributed by atoms with van der Waals surface area (Å²) in [5, 5.41) is 0. The van der Waals surface area contributed by atoms with E-state index in [0.29, 0.717) is 0 Å². The van der Waals surface area contributed by atoms with Crippen LogP contribution in [0.4, 0.5) is 14.6 Å². The number of nitrogen functional groups attached to an aromatic ring is 1. The minimum atomic E-state index is -0.752. The first kappa shape index (κ1) is 12.0. The van der Waals surface area contributed by atoms with Crippen molar-refractivity contribution in [1.29, 1.82) is 0 Å². The summed E-state index contributed by atoms with van der Waals surface area (Å²) in [5.74, 6) is -2.27. The maximum Gasteiger partial charge on any atom is 0.360 e. The van der Waals surface area contributed by atoms with Crippen LogP contribution in [0.15, 0.2) is 24.5 Å². The van der Waals surface area contributed by atoms with Gasteiger partial charge in [0.15, 0.2) is 5.69 Å². The molecule has 0 spiro atoms. The van der Waals surface area contributed by atoms with E-state index < -0.39 is 17.6 Å². The van der Waals surface area contributed by atoms with Crippen molar-refractivity contribution in [3.05, 3.63) is 41.9 Å². The summed E-state index contributed by atoms with van der Waals surface area (Å²) in [6.07, 6.45) is 1.19. The summed E-state index contributed by atoms with van der Waals surface area (Å²) < 4.78 is 31.8. The Bertz CT molecular complexity index is 590. The number of methoxy groups -OCH3 is 1. The molecule has 0 aliphatic heterocycles. The number of esters is 1.